The molecule has 1 saturated heterocycles. The zero-order valence-electron chi connectivity index (χ0n) is 13.4. The molecule has 0 bridgehead atoms. The summed E-state index contributed by atoms with van der Waals surface area (Å²) in [6.07, 6.45) is 1.00. The molecule has 3 heterocycles. The lowest BCUT2D eigenvalue weighted by molar-refractivity contribution is 0.0792. The maximum Gasteiger partial charge on any atom is 0.263 e. The minimum Gasteiger partial charge on any atom is -0.486 e. The summed E-state index contributed by atoms with van der Waals surface area (Å²) in [6, 6.07) is 9.83. The summed E-state index contributed by atoms with van der Waals surface area (Å²) in [5.41, 5.74) is 6.76. The van der Waals surface area contributed by atoms with E-state index in [2.05, 4.69) is 0 Å². The minimum atomic E-state index is 0.111. The molecule has 4 rings (SSSR count). The van der Waals surface area contributed by atoms with Crippen LogP contribution >= 0.6 is 11.3 Å². The van der Waals surface area contributed by atoms with Crippen LogP contribution in [0.25, 0.3) is 10.4 Å². The lowest BCUT2D eigenvalue weighted by atomic mass is 10.1. The van der Waals surface area contributed by atoms with Gasteiger partial charge < -0.3 is 20.1 Å². The molecule has 0 aliphatic carbocycles. The van der Waals surface area contributed by atoms with Gasteiger partial charge in [0, 0.05) is 18.0 Å². The maximum absolute atomic E-state index is 12.6. The molecule has 0 saturated carbocycles. The Morgan fingerprint density at radius 3 is 2.83 bits per heavy atom. The Bertz CT molecular complexity index is 758. The third kappa shape index (κ3) is 2.87. The number of nitrogens with zero attached hydrogens (tertiary/aromatic N) is 1. The molecule has 1 aromatic carbocycles. The van der Waals surface area contributed by atoms with Crippen LogP contribution in [0.4, 0.5) is 0 Å². The number of likely N-dealkylation sites (tertiary alicyclic amines) is 1. The molecule has 1 amide bonds. The van der Waals surface area contributed by atoms with E-state index in [1.807, 2.05) is 35.2 Å². The first kappa shape index (κ1) is 15.5. The molecule has 2 aliphatic rings. The molecule has 2 aliphatic heterocycles. The topological polar surface area (TPSA) is 64.8 Å². The van der Waals surface area contributed by atoms with Crippen molar-refractivity contribution in [1.29, 1.82) is 0 Å². The van der Waals surface area contributed by atoms with Crippen LogP contribution in [0.15, 0.2) is 30.3 Å². The molecular weight excluding hydrogens is 324 g/mol. The Kier molecular flexibility index (Phi) is 4.16. The van der Waals surface area contributed by atoms with Crippen LogP contribution in [0.5, 0.6) is 11.5 Å². The van der Waals surface area contributed by atoms with Crippen LogP contribution in [0.3, 0.4) is 0 Å². The summed E-state index contributed by atoms with van der Waals surface area (Å²) in [6.45, 7) is 3.38. The van der Waals surface area contributed by atoms with E-state index < -0.39 is 0 Å². The molecule has 1 aromatic heterocycles. The molecule has 126 valence electrons. The van der Waals surface area contributed by atoms with E-state index in [1.54, 1.807) is 0 Å². The van der Waals surface area contributed by atoms with Crippen molar-refractivity contribution in [3.8, 4) is 21.9 Å². The number of carbonyl (C=O) groups is 1. The standard InChI is InChI=1S/C18H20N2O3S/c19-10-12-5-6-20(11-12)18(21)17-4-3-16(24-17)13-1-2-14-15(9-13)23-8-7-22-14/h1-4,9,12H,5-8,10-11,19H2. The molecule has 2 aromatic rings. The van der Waals surface area contributed by atoms with Crippen molar-refractivity contribution < 1.29 is 14.3 Å². The molecule has 1 unspecified atom stereocenters. The highest BCUT2D eigenvalue weighted by Gasteiger charge is 2.27. The van der Waals surface area contributed by atoms with Crippen LogP contribution in [0.2, 0.25) is 0 Å². The molecule has 1 fully saturated rings. The van der Waals surface area contributed by atoms with Gasteiger partial charge in [-0.2, -0.15) is 0 Å². The predicted molar refractivity (Wildman–Crippen MR) is 93.8 cm³/mol. The second kappa shape index (κ2) is 6.45. The van der Waals surface area contributed by atoms with Crippen LogP contribution in [0, 0.1) is 5.92 Å². The van der Waals surface area contributed by atoms with Gasteiger partial charge in [-0.15, -0.1) is 11.3 Å². The lowest BCUT2D eigenvalue weighted by Crippen LogP contribution is -2.29. The summed E-state index contributed by atoms with van der Waals surface area (Å²) in [5.74, 6) is 2.10. The van der Waals surface area contributed by atoms with E-state index in [4.69, 9.17) is 15.2 Å². The van der Waals surface area contributed by atoms with Gasteiger partial charge in [-0.05, 0) is 54.8 Å². The Hall–Kier alpha value is -2.05. The average Bonchev–Trinajstić information content (AvgIpc) is 3.30. The van der Waals surface area contributed by atoms with Crippen molar-refractivity contribution in [2.24, 2.45) is 11.7 Å². The fourth-order valence-corrected chi connectivity index (χ4v) is 4.14. The fraction of sp³-hybridized carbons (Fsp3) is 0.389. The van der Waals surface area contributed by atoms with Crippen LogP contribution in [-0.2, 0) is 0 Å². The van der Waals surface area contributed by atoms with Crippen molar-refractivity contribution in [3.63, 3.8) is 0 Å². The molecule has 0 spiro atoms. The van der Waals surface area contributed by atoms with Gasteiger partial charge in [-0.1, -0.05) is 0 Å². The van der Waals surface area contributed by atoms with Crippen molar-refractivity contribution in [2.45, 2.75) is 6.42 Å². The van der Waals surface area contributed by atoms with Gasteiger partial charge in [0.25, 0.3) is 5.91 Å². The third-order valence-corrected chi connectivity index (χ3v) is 5.67. The van der Waals surface area contributed by atoms with Gasteiger partial charge >= 0.3 is 0 Å². The van der Waals surface area contributed by atoms with Gasteiger partial charge in [-0.3, -0.25) is 4.79 Å². The molecule has 1 atom stereocenters. The van der Waals surface area contributed by atoms with Gasteiger partial charge in [0.1, 0.15) is 13.2 Å². The highest BCUT2D eigenvalue weighted by atomic mass is 32.1. The van der Waals surface area contributed by atoms with Crippen LogP contribution in [-0.4, -0.2) is 43.7 Å². The number of rotatable bonds is 3. The lowest BCUT2D eigenvalue weighted by Gasteiger charge is -2.18. The zero-order valence-corrected chi connectivity index (χ0v) is 14.2. The Morgan fingerprint density at radius 2 is 2.04 bits per heavy atom. The molecule has 6 heteroatoms. The van der Waals surface area contributed by atoms with Crippen molar-refractivity contribution in [1.82, 2.24) is 4.90 Å². The highest BCUT2D eigenvalue weighted by molar-refractivity contribution is 7.17. The zero-order chi connectivity index (χ0) is 16.5. The second-order valence-corrected chi connectivity index (χ2v) is 7.25. The van der Waals surface area contributed by atoms with E-state index in [9.17, 15) is 4.79 Å². The summed E-state index contributed by atoms with van der Waals surface area (Å²) in [7, 11) is 0. The molecule has 24 heavy (non-hydrogen) atoms. The number of benzene rings is 1. The quantitative estimate of drug-likeness (QED) is 0.929. The molecule has 2 N–H and O–H groups in total. The monoisotopic (exact) mass is 344 g/mol. The largest absolute Gasteiger partial charge is 0.486 e. The van der Waals surface area contributed by atoms with Gasteiger partial charge in [0.2, 0.25) is 0 Å². The minimum absolute atomic E-state index is 0.111. The average molecular weight is 344 g/mol. The second-order valence-electron chi connectivity index (χ2n) is 6.16. The Labute approximate surface area is 145 Å². The fourth-order valence-electron chi connectivity index (χ4n) is 3.17. The van der Waals surface area contributed by atoms with Crippen molar-refractivity contribution in [2.75, 3.05) is 32.8 Å². The number of hydrogen-bond donors (Lipinski definition) is 1. The first-order valence-electron chi connectivity index (χ1n) is 8.24. The van der Waals surface area contributed by atoms with Crippen molar-refractivity contribution in [3.05, 3.63) is 35.2 Å². The number of fused-ring (bicyclic) bond motifs is 1. The summed E-state index contributed by atoms with van der Waals surface area (Å²) in [4.78, 5) is 16.4. The van der Waals surface area contributed by atoms with E-state index in [0.717, 1.165) is 46.3 Å². The first-order valence-corrected chi connectivity index (χ1v) is 9.05. The molecular formula is C18H20N2O3S. The summed E-state index contributed by atoms with van der Waals surface area (Å²) < 4.78 is 11.2. The number of ether oxygens (including phenoxy) is 2. The van der Waals surface area contributed by atoms with E-state index in [1.165, 1.54) is 11.3 Å². The summed E-state index contributed by atoms with van der Waals surface area (Å²) in [5, 5.41) is 0. The first-order chi connectivity index (χ1) is 11.7. The number of thiophene rings is 1. The SMILES string of the molecule is NCC1CCN(C(=O)c2ccc(-c3ccc4c(c3)OCCO4)s2)C1. The summed E-state index contributed by atoms with van der Waals surface area (Å²) >= 11 is 1.52. The number of carbonyl (C=O) groups excluding carboxylic acids is 1. The molecule has 0 radical (unpaired) electrons. The number of nitrogens with two attached hydrogens (primary N) is 1. The van der Waals surface area contributed by atoms with E-state index >= 15 is 0 Å². The molecule has 5 nitrogen and oxygen atoms in total. The number of hydrogen-bond acceptors (Lipinski definition) is 5. The van der Waals surface area contributed by atoms with Gasteiger partial charge in [0.05, 0.1) is 4.88 Å². The normalized spacial score (nSPS) is 19.5. The predicted octanol–water partition coefficient (Wildman–Crippen LogP) is 2.61. The maximum atomic E-state index is 12.6. The van der Waals surface area contributed by atoms with Crippen LogP contribution in [0.1, 0.15) is 16.1 Å². The number of amides is 1. The highest BCUT2D eigenvalue weighted by Crippen LogP contribution is 2.37. The van der Waals surface area contributed by atoms with Gasteiger partial charge in [-0.25, -0.2) is 0 Å². The van der Waals surface area contributed by atoms with Crippen molar-refractivity contribution >= 4 is 17.2 Å². The van der Waals surface area contributed by atoms with E-state index in [0.29, 0.717) is 25.7 Å². The van der Waals surface area contributed by atoms with Gasteiger partial charge in [0.15, 0.2) is 11.5 Å². The Balaban J connectivity index is 1.53. The third-order valence-electron chi connectivity index (χ3n) is 4.55. The Morgan fingerprint density at radius 1 is 1.21 bits per heavy atom. The van der Waals surface area contributed by atoms with E-state index in [-0.39, 0.29) is 5.91 Å². The smallest absolute Gasteiger partial charge is 0.263 e. The van der Waals surface area contributed by atoms with Crippen LogP contribution < -0.4 is 15.2 Å².